The first-order chi connectivity index (χ1) is 29.4. The highest BCUT2D eigenvalue weighted by molar-refractivity contribution is 6.23. The summed E-state index contributed by atoms with van der Waals surface area (Å²) >= 11 is 0. The molecule has 0 bridgehead atoms. The van der Waals surface area contributed by atoms with Gasteiger partial charge in [-0.1, -0.05) is 23.4 Å². The van der Waals surface area contributed by atoms with Crippen molar-refractivity contribution in [3.63, 3.8) is 0 Å². The molecule has 0 radical (unpaired) electrons. The quantitative estimate of drug-likeness (QED) is 0.0475. The molecule has 0 saturated carbocycles. The molecule has 4 heterocycles. The summed E-state index contributed by atoms with van der Waals surface area (Å²) in [6.07, 6.45) is 8.14. The van der Waals surface area contributed by atoms with Crippen LogP contribution in [0, 0.1) is 0 Å². The fraction of sp³-hybridized carbons (Fsp3) is 0.419. The van der Waals surface area contributed by atoms with Gasteiger partial charge >= 0.3 is 0 Å². The Morgan fingerprint density at radius 1 is 0.683 bits per heavy atom. The summed E-state index contributed by atoms with van der Waals surface area (Å²) in [6.45, 7) is 5.19. The minimum Gasteiger partial charge on any atom is -0.491 e. The molecule has 1 aliphatic carbocycles. The van der Waals surface area contributed by atoms with E-state index in [1.807, 2.05) is 22.9 Å². The second-order valence-electron chi connectivity index (χ2n) is 14.2. The van der Waals surface area contributed by atoms with E-state index in [0.717, 1.165) is 57.8 Å². The molecule has 17 heteroatoms. The number of piperidine rings is 1. The van der Waals surface area contributed by atoms with E-state index in [1.165, 1.54) is 17.7 Å². The minimum atomic E-state index is -1.02. The summed E-state index contributed by atoms with van der Waals surface area (Å²) in [5, 5.41) is 19.9. The van der Waals surface area contributed by atoms with Crippen molar-refractivity contribution in [2.24, 2.45) is 5.16 Å². The van der Waals surface area contributed by atoms with Gasteiger partial charge in [-0.3, -0.25) is 39.1 Å². The van der Waals surface area contributed by atoms with Crippen LogP contribution >= 0.6 is 0 Å². The van der Waals surface area contributed by atoms with Crippen LogP contribution in [-0.4, -0.2) is 133 Å². The lowest BCUT2D eigenvalue weighted by atomic mass is 9.98. The maximum absolute atomic E-state index is 13.0. The van der Waals surface area contributed by atoms with Crippen molar-refractivity contribution in [2.75, 3.05) is 72.7 Å². The summed E-state index contributed by atoms with van der Waals surface area (Å²) in [5.41, 5.74) is 7.24. The first kappa shape index (κ1) is 42.3. The highest BCUT2D eigenvalue weighted by Gasteiger charge is 2.44. The summed E-state index contributed by atoms with van der Waals surface area (Å²) in [4.78, 5) is 54.6. The normalized spacial score (nSPS) is 16.8. The number of ether oxygens (including phenoxy) is 6. The fourth-order valence-electron chi connectivity index (χ4n) is 7.28. The van der Waals surface area contributed by atoms with Crippen molar-refractivity contribution in [1.82, 2.24) is 25.0 Å². The third-order valence-electron chi connectivity index (χ3n) is 10.3. The summed E-state index contributed by atoms with van der Waals surface area (Å²) in [6, 6.07) is 13.7. The number of nitrogens with zero attached hydrogens (tertiary/aromatic N) is 5. The van der Waals surface area contributed by atoms with Crippen molar-refractivity contribution >= 4 is 29.3 Å². The van der Waals surface area contributed by atoms with Gasteiger partial charge in [-0.2, -0.15) is 5.10 Å². The van der Waals surface area contributed by atoms with Crippen LogP contribution in [0.1, 0.15) is 57.5 Å². The van der Waals surface area contributed by atoms with Gasteiger partial charge in [0.05, 0.1) is 76.3 Å². The van der Waals surface area contributed by atoms with Gasteiger partial charge in [-0.05, 0) is 67.1 Å². The molecule has 1 atom stereocenters. The van der Waals surface area contributed by atoms with E-state index in [4.69, 9.17) is 33.5 Å². The molecule has 0 spiro atoms. The van der Waals surface area contributed by atoms with Crippen molar-refractivity contribution < 1.29 is 52.8 Å². The molecule has 2 N–H and O–H groups in total. The van der Waals surface area contributed by atoms with E-state index >= 15 is 0 Å². The number of rotatable bonds is 23. The average molecular weight is 825 g/mol. The fourth-order valence-corrected chi connectivity index (χ4v) is 7.28. The van der Waals surface area contributed by atoms with Crippen molar-refractivity contribution in [2.45, 2.75) is 44.7 Å². The molecule has 4 aromatic rings. The maximum Gasteiger partial charge on any atom is 0.262 e. The number of carbonyl (C=O) groups excluding carboxylic acids is 4. The highest BCUT2D eigenvalue weighted by Crippen LogP contribution is 2.34. The lowest BCUT2D eigenvalue weighted by Crippen LogP contribution is -2.54. The molecule has 3 aliphatic rings. The molecule has 7 rings (SSSR count). The van der Waals surface area contributed by atoms with Crippen LogP contribution in [0.25, 0.3) is 22.4 Å². The topological polar surface area (TPSA) is 202 Å². The van der Waals surface area contributed by atoms with Gasteiger partial charge in [-0.25, -0.2) is 0 Å². The Bertz CT molecular complexity index is 2180. The Labute approximate surface area is 346 Å². The monoisotopic (exact) mass is 824 g/mol. The number of carbonyl (C=O) groups is 4. The number of benzene rings is 2. The lowest BCUT2D eigenvalue weighted by molar-refractivity contribution is -0.136. The largest absolute Gasteiger partial charge is 0.491 e. The average Bonchev–Trinajstić information content (AvgIpc) is 3.95. The number of fused-ring (bicyclic) bond motifs is 2. The molecule has 60 heavy (non-hydrogen) atoms. The predicted molar refractivity (Wildman–Crippen MR) is 215 cm³/mol. The van der Waals surface area contributed by atoms with Gasteiger partial charge in [0.25, 0.3) is 11.8 Å². The van der Waals surface area contributed by atoms with Gasteiger partial charge in [0.2, 0.25) is 11.8 Å². The molecule has 1 saturated heterocycles. The molecule has 17 nitrogen and oxygen atoms in total. The van der Waals surface area contributed by atoms with Crippen LogP contribution < -0.4 is 10.1 Å². The van der Waals surface area contributed by atoms with E-state index < -0.39 is 29.7 Å². The SMILES string of the molecule is O=C1CCC(N2C(=O)c3ccc(OCCOCCOCCOCCOCCOCCCn4cc(-c5ccc6c(c5)CC/C6=N\O)c(-c5ccncc5)n4)cc3C2=O)C(=O)N1. The Balaban J connectivity index is 0.688. The number of hydrogen-bond donors (Lipinski definition) is 2. The smallest absolute Gasteiger partial charge is 0.262 e. The van der Waals surface area contributed by atoms with Crippen molar-refractivity contribution in [3.8, 4) is 28.1 Å². The van der Waals surface area contributed by atoms with Crippen LogP contribution in [0.15, 0.2) is 72.3 Å². The van der Waals surface area contributed by atoms with Gasteiger partial charge in [0.1, 0.15) is 24.1 Å². The van der Waals surface area contributed by atoms with Crippen LogP contribution in [0.4, 0.5) is 0 Å². The van der Waals surface area contributed by atoms with E-state index in [0.29, 0.717) is 71.8 Å². The molecule has 2 aromatic heterocycles. The van der Waals surface area contributed by atoms with Crippen molar-refractivity contribution in [3.05, 3.63) is 89.4 Å². The second-order valence-corrected chi connectivity index (χ2v) is 14.2. The summed E-state index contributed by atoms with van der Waals surface area (Å²) < 4.78 is 35.7. The standard InChI is InChI=1S/C43H48N6O11/c50-39-9-8-38(41(51)45-39)49-42(52)34-6-4-32(27-35(34)43(49)53)60-25-24-59-23-22-58-21-20-57-19-18-56-17-16-55-15-1-14-48-28-36(40(46-48)29-10-12-44-13-11-29)31-2-5-33-30(26-31)3-7-37(33)47-54/h2,4-6,10-13,26-28,38,54H,1,3,7-9,14-25H2,(H,45,50,51)/b47-37+. The Hall–Kier alpha value is -5.85. The van der Waals surface area contributed by atoms with Gasteiger partial charge < -0.3 is 33.6 Å². The van der Waals surface area contributed by atoms with E-state index in [-0.39, 0.29) is 37.2 Å². The van der Waals surface area contributed by atoms with Gasteiger partial charge in [0, 0.05) is 54.9 Å². The van der Waals surface area contributed by atoms with E-state index in [1.54, 1.807) is 18.5 Å². The zero-order valence-corrected chi connectivity index (χ0v) is 33.2. The number of imide groups is 2. The second kappa shape index (κ2) is 20.9. The molecule has 316 valence electrons. The lowest BCUT2D eigenvalue weighted by Gasteiger charge is -2.27. The number of hydrogen-bond acceptors (Lipinski definition) is 14. The molecular weight excluding hydrogens is 777 g/mol. The first-order valence-electron chi connectivity index (χ1n) is 20.1. The number of amides is 4. The van der Waals surface area contributed by atoms with E-state index in [9.17, 15) is 24.4 Å². The number of nitrogens with one attached hydrogen (secondary N) is 1. The van der Waals surface area contributed by atoms with E-state index in [2.05, 4.69) is 33.8 Å². The summed E-state index contributed by atoms with van der Waals surface area (Å²) in [7, 11) is 0. The zero-order valence-electron chi connectivity index (χ0n) is 33.2. The van der Waals surface area contributed by atoms with Gasteiger partial charge in [0.15, 0.2) is 0 Å². The third-order valence-corrected chi connectivity index (χ3v) is 10.3. The predicted octanol–water partition coefficient (Wildman–Crippen LogP) is 3.69. The third kappa shape index (κ3) is 10.5. The van der Waals surface area contributed by atoms with Crippen LogP contribution in [0.3, 0.4) is 0 Å². The highest BCUT2D eigenvalue weighted by atomic mass is 16.6. The Kier molecular flexibility index (Phi) is 14.7. The minimum absolute atomic E-state index is 0.0591. The molecular formula is C43H48N6O11. The molecule has 2 aliphatic heterocycles. The maximum atomic E-state index is 13.0. The van der Waals surface area contributed by atoms with Crippen LogP contribution in [0.5, 0.6) is 5.75 Å². The number of aryl methyl sites for hydroxylation is 2. The van der Waals surface area contributed by atoms with Gasteiger partial charge in [-0.15, -0.1) is 0 Å². The first-order valence-corrected chi connectivity index (χ1v) is 20.1. The number of oxime groups is 1. The Morgan fingerprint density at radius 2 is 1.33 bits per heavy atom. The van der Waals surface area contributed by atoms with Crippen LogP contribution in [0.2, 0.25) is 0 Å². The van der Waals surface area contributed by atoms with Crippen molar-refractivity contribution in [1.29, 1.82) is 0 Å². The molecule has 2 aromatic carbocycles. The number of aromatic nitrogens is 3. The molecule has 4 amide bonds. The molecule has 1 fully saturated rings. The summed E-state index contributed by atoms with van der Waals surface area (Å²) in [5.74, 6) is -1.84. The zero-order chi connectivity index (χ0) is 41.7. The Morgan fingerprint density at radius 3 is 2.02 bits per heavy atom. The van der Waals surface area contributed by atoms with Crippen LogP contribution in [-0.2, 0) is 46.2 Å². The number of pyridine rings is 1. The molecule has 1 unspecified atom stereocenters.